The second-order valence-electron chi connectivity index (χ2n) is 4.63. The van der Waals surface area contributed by atoms with Crippen LogP contribution in [0.25, 0.3) is 0 Å². The topological polar surface area (TPSA) is 43.4 Å². The molecule has 0 bridgehead atoms. The fourth-order valence-electron chi connectivity index (χ4n) is 2.04. The van der Waals surface area contributed by atoms with E-state index in [2.05, 4.69) is 13.8 Å². The first-order valence-electron chi connectivity index (χ1n) is 5.94. The number of ketones is 1. The Morgan fingerprint density at radius 1 is 1.56 bits per heavy atom. The molecule has 90 valence electrons. The Balaban J connectivity index is 2.78. The second kappa shape index (κ2) is 5.83. The van der Waals surface area contributed by atoms with Crippen LogP contribution in [0.15, 0.2) is 11.6 Å². The zero-order valence-electron chi connectivity index (χ0n) is 10.3. The molecule has 1 atom stereocenters. The maximum Gasteiger partial charge on any atom is 0.313 e. The van der Waals surface area contributed by atoms with Crippen molar-refractivity contribution in [3.05, 3.63) is 11.6 Å². The fourth-order valence-corrected chi connectivity index (χ4v) is 2.04. The third kappa shape index (κ3) is 3.47. The highest BCUT2D eigenvalue weighted by Crippen LogP contribution is 2.29. The van der Waals surface area contributed by atoms with E-state index in [0.29, 0.717) is 25.4 Å². The molecule has 1 rings (SSSR count). The van der Waals surface area contributed by atoms with Gasteiger partial charge in [-0.25, -0.2) is 0 Å². The molecule has 0 heterocycles. The van der Waals surface area contributed by atoms with Gasteiger partial charge in [-0.3, -0.25) is 9.59 Å². The standard InChI is InChI=1S/C13H20O3/c1-4-16-13(15)12-6-5-11(14)8-10(12)7-9(2)3/h8-9,12H,4-7H2,1-3H3. The van der Waals surface area contributed by atoms with E-state index in [9.17, 15) is 9.59 Å². The predicted molar refractivity (Wildman–Crippen MR) is 61.9 cm³/mol. The van der Waals surface area contributed by atoms with Gasteiger partial charge < -0.3 is 4.74 Å². The van der Waals surface area contributed by atoms with Gasteiger partial charge in [0.15, 0.2) is 5.78 Å². The molecular weight excluding hydrogens is 204 g/mol. The zero-order valence-corrected chi connectivity index (χ0v) is 10.3. The van der Waals surface area contributed by atoms with Crippen molar-refractivity contribution in [3.8, 4) is 0 Å². The molecule has 0 aromatic heterocycles. The number of carbonyl (C=O) groups excluding carboxylic acids is 2. The molecule has 1 aliphatic carbocycles. The lowest BCUT2D eigenvalue weighted by molar-refractivity contribution is -0.147. The fraction of sp³-hybridized carbons (Fsp3) is 0.692. The summed E-state index contributed by atoms with van der Waals surface area (Å²) in [6.45, 7) is 6.38. The van der Waals surface area contributed by atoms with Gasteiger partial charge in [0, 0.05) is 6.42 Å². The first-order valence-corrected chi connectivity index (χ1v) is 5.94. The van der Waals surface area contributed by atoms with Crippen LogP contribution in [0.5, 0.6) is 0 Å². The summed E-state index contributed by atoms with van der Waals surface area (Å²) >= 11 is 0. The van der Waals surface area contributed by atoms with Crippen molar-refractivity contribution in [2.45, 2.75) is 40.0 Å². The van der Waals surface area contributed by atoms with Gasteiger partial charge in [0.25, 0.3) is 0 Å². The van der Waals surface area contributed by atoms with Crippen molar-refractivity contribution in [1.82, 2.24) is 0 Å². The average Bonchev–Trinajstić information content (AvgIpc) is 2.16. The Hall–Kier alpha value is -1.12. The molecule has 0 N–H and O–H groups in total. The Labute approximate surface area is 96.9 Å². The first kappa shape index (κ1) is 12.9. The predicted octanol–water partition coefficient (Wildman–Crippen LogP) is 2.50. The zero-order chi connectivity index (χ0) is 12.1. The van der Waals surface area contributed by atoms with Gasteiger partial charge in [-0.2, -0.15) is 0 Å². The quantitative estimate of drug-likeness (QED) is 0.689. The summed E-state index contributed by atoms with van der Waals surface area (Å²) in [6.07, 6.45) is 3.52. The van der Waals surface area contributed by atoms with Crippen molar-refractivity contribution in [2.24, 2.45) is 11.8 Å². The molecule has 0 spiro atoms. The lowest BCUT2D eigenvalue weighted by Gasteiger charge is -2.23. The number of carbonyl (C=O) groups is 2. The number of hydrogen-bond donors (Lipinski definition) is 0. The van der Waals surface area contributed by atoms with E-state index in [0.717, 1.165) is 12.0 Å². The van der Waals surface area contributed by atoms with Crippen LogP contribution in [0.3, 0.4) is 0 Å². The molecule has 0 aromatic rings. The number of allylic oxidation sites excluding steroid dienone is 1. The van der Waals surface area contributed by atoms with Crippen LogP contribution >= 0.6 is 0 Å². The third-order valence-corrected chi connectivity index (χ3v) is 2.69. The van der Waals surface area contributed by atoms with Crippen LogP contribution in [-0.4, -0.2) is 18.4 Å². The van der Waals surface area contributed by atoms with E-state index in [4.69, 9.17) is 4.74 Å². The SMILES string of the molecule is CCOC(=O)C1CCC(=O)C=C1CC(C)C. The average molecular weight is 224 g/mol. The van der Waals surface area contributed by atoms with Gasteiger partial charge in [0.2, 0.25) is 0 Å². The highest BCUT2D eigenvalue weighted by molar-refractivity contribution is 5.93. The first-order chi connectivity index (χ1) is 7.54. The lowest BCUT2D eigenvalue weighted by Crippen LogP contribution is -2.25. The second-order valence-corrected chi connectivity index (χ2v) is 4.63. The summed E-state index contributed by atoms with van der Waals surface area (Å²) in [7, 11) is 0. The monoisotopic (exact) mass is 224 g/mol. The van der Waals surface area contributed by atoms with E-state index in [-0.39, 0.29) is 17.7 Å². The van der Waals surface area contributed by atoms with Gasteiger partial charge in [0.1, 0.15) is 0 Å². The van der Waals surface area contributed by atoms with E-state index in [1.807, 2.05) is 0 Å². The molecular formula is C13H20O3. The molecule has 0 aromatic carbocycles. The van der Waals surface area contributed by atoms with Crippen LogP contribution in [0.2, 0.25) is 0 Å². The van der Waals surface area contributed by atoms with Crippen LogP contribution in [0, 0.1) is 11.8 Å². The highest BCUT2D eigenvalue weighted by atomic mass is 16.5. The van der Waals surface area contributed by atoms with Gasteiger partial charge >= 0.3 is 5.97 Å². The van der Waals surface area contributed by atoms with E-state index < -0.39 is 0 Å². The number of hydrogen-bond acceptors (Lipinski definition) is 3. The van der Waals surface area contributed by atoms with Crippen LogP contribution < -0.4 is 0 Å². The molecule has 1 unspecified atom stereocenters. The molecule has 0 aliphatic heterocycles. The Bertz CT molecular complexity index is 302. The molecule has 0 saturated carbocycles. The molecule has 1 aliphatic rings. The maximum absolute atomic E-state index is 11.7. The summed E-state index contributed by atoms with van der Waals surface area (Å²) in [4.78, 5) is 23.1. The lowest BCUT2D eigenvalue weighted by atomic mass is 9.83. The highest BCUT2D eigenvalue weighted by Gasteiger charge is 2.28. The van der Waals surface area contributed by atoms with E-state index >= 15 is 0 Å². The number of rotatable bonds is 4. The smallest absolute Gasteiger partial charge is 0.313 e. The van der Waals surface area contributed by atoms with Crippen molar-refractivity contribution >= 4 is 11.8 Å². The largest absolute Gasteiger partial charge is 0.466 e. The maximum atomic E-state index is 11.7. The number of esters is 1. The Morgan fingerprint density at radius 2 is 2.25 bits per heavy atom. The van der Waals surface area contributed by atoms with Gasteiger partial charge in [-0.15, -0.1) is 0 Å². The van der Waals surface area contributed by atoms with Crippen LogP contribution in [0.1, 0.15) is 40.0 Å². The summed E-state index contributed by atoms with van der Waals surface area (Å²) < 4.78 is 5.04. The molecule has 3 heteroatoms. The van der Waals surface area contributed by atoms with Crippen molar-refractivity contribution in [3.63, 3.8) is 0 Å². The third-order valence-electron chi connectivity index (χ3n) is 2.69. The summed E-state index contributed by atoms with van der Waals surface area (Å²) in [5.74, 6) is 0.215. The minimum Gasteiger partial charge on any atom is -0.466 e. The molecule has 0 radical (unpaired) electrons. The van der Waals surface area contributed by atoms with Crippen molar-refractivity contribution < 1.29 is 14.3 Å². The molecule has 3 nitrogen and oxygen atoms in total. The van der Waals surface area contributed by atoms with Crippen LogP contribution in [-0.2, 0) is 14.3 Å². The summed E-state index contributed by atoms with van der Waals surface area (Å²) in [5.41, 5.74) is 0.949. The van der Waals surface area contributed by atoms with E-state index in [1.54, 1.807) is 13.0 Å². The van der Waals surface area contributed by atoms with Gasteiger partial charge in [0.05, 0.1) is 12.5 Å². The van der Waals surface area contributed by atoms with Crippen molar-refractivity contribution in [1.29, 1.82) is 0 Å². The van der Waals surface area contributed by atoms with Crippen molar-refractivity contribution in [2.75, 3.05) is 6.61 Å². The molecule has 0 amide bonds. The van der Waals surface area contributed by atoms with E-state index in [1.165, 1.54) is 0 Å². The molecule has 0 fully saturated rings. The normalized spacial score (nSPS) is 20.9. The van der Waals surface area contributed by atoms with Gasteiger partial charge in [-0.1, -0.05) is 19.4 Å². The Kier molecular flexibility index (Phi) is 4.71. The molecule has 0 saturated heterocycles. The van der Waals surface area contributed by atoms with Gasteiger partial charge in [-0.05, 0) is 31.8 Å². The Morgan fingerprint density at radius 3 is 2.81 bits per heavy atom. The van der Waals surface area contributed by atoms with Crippen LogP contribution in [0.4, 0.5) is 0 Å². The summed E-state index contributed by atoms with van der Waals surface area (Å²) in [6, 6.07) is 0. The summed E-state index contributed by atoms with van der Waals surface area (Å²) in [5, 5.41) is 0. The number of ether oxygens (including phenoxy) is 1. The minimum absolute atomic E-state index is 0.135. The molecule has 16 heavy (non-hydrogen) atoms. The minimum atomic E-state index is -0.194.